The van der Waals surface area contributed by atoms with E-state index < -0.39 is 0 Å². The van der Waals surface area contributed by atoms with Gasteiger partial charge in [-0.05, 0) is 38.5 Å². The van der Waals surface area contributed by atoms with Crippen molar-refractivity contribution >= 4 is 11.8 Å². The summed E-state index contributed by atoms with van der Waals surface area (Å²) in [5.74, 6) is -0.0893. The standard InChI is InChI=1S/C14H24N2O3/c15-11-5-7-12(8-6-11)19-10-9-16-13(17)3-1-2-4-14(16)18/h11-12H,1-10,15H2. The quantitative estimate of drug-likeness (QED) is 0.778. The Morgan fingerprint density at radius 1 is 1.05 bits per heavy atom. The first kappa shape index (κ1) is 14.5. The lowest BCUT2D eigenvalue weighted by Gasteiger charge is -2.27. The molecule has 1 saturated carbocycles. The van der Waals surface area contributed by atoms with Crippen LogP contribution in [0, 0.1) is 0 Å². The first-order valence-electron chi connectivity index (χ1n) is 7.37. The highest BCUT2D eigenvalue weighted by Crippen LogP contribution is 2.20. The summed E-state index contributed by atoms with van der Waals surface area (Å²) in [6, 6.07) is 0.314. The van der Waals surface area contributed by atoms with E-state index in [0.29, 0.717) is 32.0 Å². The molecule has 0 bridgehead atoms. The number of nitrogens with zero attached hydrogens (tertiary/aromatic N) is 1. The zero-order valence-electron chi connectivity index (χ0n) is 11.5. The summed E-state index contributed by atoms with van der Waals surface area (Å²) in [5, 5.41) is 0. The highest BCUT2D eigenvalue weighted by molar-refractivity contribution is 5.95. The molecule has 2 N–H and O–H groups in total. The van der Waals surface area contributed by atoms with Crippen LogP contribution in [-0.2, 0) is 14.3 Å². The van der Waals surface area contributed by atoms with E-state index in [1.807, 2.05) is 0 Å². The number of carbonyl (C=O) groups excluding carboxylic acids is 2. The monoisotopic (exact) mass is 268 g/mol. The molecule has 0 aromatic heterocycles. The highest BCUT2D eigenvalue weighted by Gasteiger charge is 2.24. The Morgan fingerprint density at radius 3 is 2.21 bits per heavy atom. The minimum Gasteiger partial charge on any atom is -0.376 e. The van der Waals surface area contributed by atoms with E-state index in [2.05, 4.69) is 0 Å². The van der Waals surface area contributed by atoms with Crippen molar-refractivity contribution in [2.45, 2.75) is 63.5 Å². The summed E-state index contributed by atoms with van der Waals surface area (Å²) < 4.78 is 5.77. The Bertz CT molecular complexity index is 307. The molecule has 108 valence electrons. The van der Waals surface area contributed by atoms with Crippen LogP contribution in [0.2, 0.25) is 0 Å². The number of amides is 2. The Morgan fingerprint density at radius 2 is 1.63 bits per heavy atom. The van der Waals surface area contributed by atoms with Crippen molar-refractivity contribution in [3.05, 3.63) is 0 Å². The van der Waals surface area contributed by atoms with E-state index in [4.69, 9.17) is 10.5 Å². The van der Waals surface area contributed by atoms with Crippen molar-refractivity contribution in [3.8, 4) is 0 Å². The number of nitrogens with two attached hydrogens (primary N) is 1. The summed E-state index contributed by atoms with van der Waals surface area (Å²) >= 11 is 0. The Kier molecular flexibility index (Phi) is 5.34. The van der Waals surface area contributed by atoms with E-state index in [0.717, 1.165) is 38.5 Å². The summed E-state index contributed by atoms with van der Waals surface area (Å²) in [4.78, 5) is 24.9. The predicted molar refractivity (Wildman–Crippen MR) is 71.4 cm³/mol. The van der Waals surface area contributed by atoms with Gasteiger partial charge in [-0.15, -0.1) is 0 Å². The lowest BCUT2D eigenvalue weighted by molar-refractivity contribution is -0.145. The van der Waals surface area contributed by atoms with Crippen molar-refractivity contribution in [1.29, 1.82) is 0 Å². The first-order valence-corrected chi connectivity index (χ1v) is 7.37. The molecule has 0 spiro atoms. The maximum atomic E-state index is 11.8. The maximum Gasteiger partial charge on any atom is 0.229 e. The molecule has 0 unspecified atom stereocenters. The fourth-order valence-electron chi connectivity index (χ4n) is 2.78. The molecule has 1 heterocycles. The van der Waals surface area contributed by atoms with Gasteiger partial charge in [-0.1, -0.05) is 0 Å². The Labute approximate surface area is 114 Å². The van der Waals surface area contributed by atoms with Gasteiger partial charge in [-0.25, -0.2) is 0 Å². The number of hydrogen-bond donors (Lipinski definition) is 1. The topological polar surface area (TPSA) is 72.6 Å². The van der Waals surface area contributed by atoms with E-state index in [1.54, 1.807) is 0 Å². The van der Waals surface area contributed by atoms with Crippen LogP contribution in [0.3, 0.4) is 0 Å². The minimum absolute atomic E-state index is 0.0447. The molecule has 2 aliphatic rings. The van der Waals surface area contributed by atoms with E-state index >= 15 is 0 Å². The molecule has 0 aromatic carbocycles. The second-order valence-electron chi connectivity index (χ2n) is 5.55. The maximum absolute atomic E-state index is 11.8. The van der Waals surface area contributed by atoms with Gasteiger partial charge in [0.15, 0.2) is 0 Å². The van der Waals surface area contributed by atoms with Gasteiger partial charge in [0.05, 0.1) is 19.3 Å². The van der Waals surface area contributed by atoms with E-state index in [9.17, 15) is 9.59 Å². The molecule has 19 heavy (non-hydrogen) atoms. The second kappa shape index (κ2) is 7.01. The summed E-state index contributed by atoms with van der Waals surface area (Å²) in [7, 11) is 0. The van der Waals surface area contributed by atoms with Crippen LogP contribution in [0.25, 0.3) is 0 Å². The summed E-state index contributed by atoms with van der Waals surface area (Å²) in [5.41, 5.74) is 5.84. The molecule has 1 aliphatic carbocycles. The average molecular weight is 268 g/mol. The molecule has 2 fully saturated rings. The average Bonchev–Trinajstić information content (AvgIpc) is 2.55. The zero-order valence-corrected chi connectivity index (χ0v) is 11.5. The number of carbonyl (C=O) groups is 2. The molecule has 1 saturated heterocycles. The molecule has 0 atom stereocenters. The lowest BCUT2D eigenvalue weighted by atomic mass is 9.94. The van der Waals surface area contributed by atoms with Gasteiger partial charge in [0.2, 0.25) is 11.8 Å². The molecule has 2 amide bonds. The molecular weight excluding hydrogens is 244 g/mol. The lowest BCUT2D eigenvalue weighted by Crippen LogP contribution is -2.39. The van der Waals surface area contributed by atoms with Gasteiger partial charge < -0.3 is 10.5 Å². The number of hydrogen-bond acceptors (Lipinski definition) is 4. The summed E-state index contributed by atoms with van der Waals surface area (Å²) in [6.07, 6.45) is 6.86. The van der Waals surface area contributed by atoms with Gasteiger partial charge in [-0.3, -0.25) is 14.5 Å². The van der Waals surface area contributed by atoms with E-state index in [-0.39, 0.29) is 17.9 Å². The van der Waals surface area contributed by atoms with Crippen molar-refractivity contribution in [3.63, 3.8) is 0 Å². The third kappa shape index (κ3) is 4.28. The normalized spacial score (nSPS) is 29.4. The van der Waals surface area contributed by atoms with Crippen molar-refractivity contribution < 1.29 is 14.3 Å². The second-order valence-corrected chi connectivity index (χ2v) is 5.55. The molecule has 5 nitrogen and oxygen atoms in total. The smallest absolute Gasteiger partial charge is 0.229 e. The van der Waals surface area contributed by atoms with Crippen LogP contribution < -0.4 is 5.73 Å². The molecular formula is C14H24N2O3. The fourth-order valence-corrected chi connectivity index (χ4v) is 2.78. The fraction of sp³-hybridized carbons (Fsp3) is 0.857. The van der Waals surface area contributed by atoms with Crippen molar-refractivity contribution in [1.82, 2.24) is 4.90 Å². The third-order valence-corrected chi connectivity index (χ3v) is 4.02. The van der Waals surface area contributed by atoms with Gasteiger partial charge in [0, 0.05) is 18.9 Å². The van der Waals surface area contributed by atoms with Crippen LogP contribution in [0.5, 0.6) is 0 Å². The molecule has 0 radical (unpaired) electrons. The Balaban J connectivity index is 1.71. The van der Waals surface area contributed by atoms with Gasteiger partial charge in [-0.2, -0.15) is 0 Å². The SMILES string of the molecule is NC1CCC(OCCN2C(=O)CCCCC2=O)CC1. The number of rotatable bonds is 4. The van der Waals surface area contributed by atoms with Crippen molar-refractivity contribution in [2.75, 3.05) is 13.2 Å². The largest absolute Gasteiger partial charge is 0.376 e. The number of ether oxygens (including phenoxy) is 1. The summed E-state index contributed by atoms with van der Waals surface area (Å²) in [6.45, 7) is 0.859. The van der Waals surface area contributed by atoms with Crippen LogP contribution in [-0.4, -0.2) is 42.0 Å². The first-order chi connectivity index (χ1) is 9.16. The zero-order chi connectivity index (χ0) is 13.7. The minimum atomic E-state index is -0.0447. The van der Waals surface area contributed by atoms with Crippen LogP contribution >= 0.6 is 0 Å². The third-order valence-electron chi connectivity index (χ3n) is 4.02. The predicted octanol–water partition coefficient (Wildman–Crippen LogP) is 1.20. The van der Waals surface area contributed by atoms with Gasteiger partial charge in [0.1, 0.15) is 0 Å². The number of likely N-dealkylation sites (tertiary alicyclic amines) is 1. The molecule has 0 aromatic rings. The van der Waals surface area contributed by atoms with Crippen LogP contribution in [0.15, 0.2) is 0 Å². The van der Waals surface area contributed by atoms with Crippen molar-refractivity contribution in [2.24, 2.45) is 5.73 Å². The molecule has 2 rings (SSSR count). The Hall–Kier alpha value is -0.940. The van der Waals surface area contributed by atoms with E-state index in [1.165, 1.54) is 4.90 Å². The van der Waals surface area contributed by atoms with Crippen LogP contribution in [0.1, 0.15) is 51.4 Å². The number of imide groups is 1. The van der Waals surface area contributed by atoms with Gasteiger partial charge in [0.25, 0.3) is 0 Å². The molecule has 1 aliphatic heterocycles. The van der Waals surface area contributed by atoms with Gasteiger partial charge >= 0.3 is 0 Å². The van der Waals surface area contributed by atoms with Crippen LogP contribution in [0.4, 0.5) is 0 Å². The highest BCUT2D eigenvalue weighted by atomic mass is 16.5. The molecule has 5 heteroatoms.